The molecule has 1 atom stereocenters. The Morgan fingerprint density at radius 2 is 1.80 bits per heavy atom. The quantitative estimate of drug-likeness (QED) is 0.754. The lowest BCUT2D eigenvalue weighted by molar-refractivity contribution is -0.137. The van der Waals surface area contributed by atoms with E-state index in [0.29, 0.717) is 18.9 Å². The molecule has 1 amide bonds. The summed E-state index contributed by atoms with van der Waals surface area (Å²) < 4.78 is 0. The van der Waals surface area contributed by atoms with Crippen LogP contribution in [0, 0.1) is 17.3 Å². The van der Waals surface area contributed by atoms with Crippen molar-refractivity contribution in [1.82, 2.24) is 5.32 Å². The topological polar surface area (TPSA) is 66.4 Å². The van der Waals surface area contributed by atoms with Gasteiger partial charge >= 0.3 is 5.97 Å². The predicted molar refractivity (Wildman–Crippen MR) is 79.4 cm³/mol. The highest BCUT2D eigenvalue weighted by Gasteiger charge is 2.26. The normalized spacial score (nSPS) is 17.9. The smallest absolute Gasteiger partial charge is 0.303 e. The third kappa shape index (κ3) is 5.93. The summed E-state index contributed by atoms with van der Waals surface area (Å²) in [4.78, 5) is 22.7. The number of carbonyl (C=O) groups excluding carboxylic acids is 1. The highest BCUT2D eigenvalue weighted by Crippen LogP contribution is 2.32. The second-order valence-electron chi connectivity index (χ2n) is 7.06. The van der Waals surface area contributed by atoms with Crippen LogP contribution in [-0.2, 0) is 9.59 Å². The van der Waals surface area contributed by atoms with E-state index in [-0.39, 0.29) is 23.7 Å². The molecule has 0 heterocycles. The number of amides is 1. The van der Waals surface area contributed by atoms with Crippen LogP contribution in [0.15, 0.2) is 0 Å². The molecule has 4 nitrogen and oxygen atoms in total. The molecule has 1 saturated carbocycles. The van der Waals surface area contributed by atoms with Crippen LogP contribution in [0.4, 0.5) is 0 Å². The molecule has 0 spiro atoms. The molecular weight excluding hydrogens is 254 g/mol. The highest BCUT2D eigenvalue weighted by molar-refractivity contribution is 5.78. The lowest BCUT2D eigenvalue weighted by atomic mass is 9.76. The molecule has 0 aromatic heterocycles. The minimum atomic E-state index is -0.741. The van der Waals surface area contributed by atoms with Gasteiger partial charge in [0.15, 0.2) is 0 Å². The van der Waals surface area contributed by atoms with E-state index in [1.165, 1.54) is 12.8 Å². The van der Waals surface area contributed by atoms with Crippen LogP contribution in [0.1, 0.15) is 65.7 Å². The Kier molecular flexibility index (Phi) is 6.50. The first kappa shape index (κ1) is 17.0. The Balaban J connectivity index is 2.33. The van der Waals surface area contributed by atoms with Crippen molar-refractivity contribution >= 4 is 11.9 Å². The first-order valence-electron chi connectivity index (χ1n) is 7.80. The average molecular weight is 283 g/mol. The predicted octanol–water partition coefficient (Wildman–Crippen LogP) is 3.21. The van der Waals surface area contributed by atoms with Gasteiger partial charge in [-0.1, -0.05) is 33.6 Å². The van der Waals surface area contributed by atoms with E-state index < -0.39 is 5.97 Å². The van der Waals surface area contributed by atoms with E-state index in [2.05, 4.69) is 26.1 Å². The van der Waals surface area contributed by atoms with Gasteiger partial charge in [-0.25, -0.2) is 0 Å². The number of nitrogens with one attached hydrogen (secondary N) is 1. The zero-order chi connectivity index (χ0) is 15.2. The van der Waals surface area contributed by atoms with Crippen molar-refractivity contribution < 1.29 is 14.7 Å². The minimum Gasteiger partial charge on any atom is -0.481 e. The van der Waals surface area contributed by atoms with Gasteiger partial charge < -0.3 is 10.4 Å². The molecule has 4 heteroatoms. The molecule has 20 heavy (non-hydrogen) atoms. The zero-order valence-electron chi connectivity index (χ0n) is 13.1. The molecule has 116 valence electrons. The summed E-state index contributed by atoms with van der Waals surface area (Å²) in [7, 11) is 0. The Labute approximate surface area is 122 Å². The standard InChI is InChI=1S/C16H29NO3/c1-16(2,3)13(8-9-14(18)19)10-11-17-15(20)12-6-4-5-7-12/h12-13H,4-11H2,1-3H3,(H,17,20)(H,18,19). The molecule has 0 bridgehead atoms. The number of hydrogen-bond acceptors (Lipinski definition) is 2. The number of hydrogen-bond donors (Lipinski definition) is 2. The van der Waals surface area contributed by atoms with Crippen LogP contribution >= 0.6 is 0 Å². The SMILES string of the molecule is CC(C)(C)C(CCNC(=O)C1CCCC1)CCC(=O)O. The van der Waals surface area contributed by atoms with E-state index in [4.69, 9.17) is 5.11 Å². The van der Waals surface area contributed by atoms with Crippen molar-refractivity contribution in [1.29, 1.82) is 0 Å². The highest BCUT2D eigenvalue weighted by atomic mass is 16.4. The van der Waals surface area contributed by atoms with Gasteiger partial charge in [-0.15, -0.1) is 0 Å². The largest absolute Gasteiger partial charge is 0.481 e. The number of carboxylic acid groups (broad SMARTS) is 1. The number of carbonyl (C=O) groups is 2. The third-order valence-electron chi connectivity index (χ3n) is 4.45. The van der Waals surface area contributed by atoms with Crippen LogP contribution in [-0.4, -0.2) is 23.5 Å². The molecule has 1 rings (SSSR count). The molecule has 1 aliphatic carbocycles. The van der Waals surface area contributed by atoms with Crippen molar-refractivity contribution in [3.8, 4) is 0 Å². The summed E-state index contributed by atoms with van der Waals surface area (Å²) in [6, 6.07) is 0. The van der Waals surface area contributed by atoms with E-state index in [1.807, 2.05) is 0 Å². The van der Waals surface area contributed by atoms with Crippen molar-refractivity contribution in [3.05, 3.63) is 0 Å². The van der Waals surface area contributed by atoms with E-state index >= 15 is 0 Å². The maximum Gasteiger partial charge on any atom is 0.303 e. The third-order valence-corrected chi connectivity index (χ3v) is 4.45. The summed E-state index contributed by atoms with van der Waals surface area (Å²) in [5, 5.41) is 11.8. The fourth-order valence-corrected chi connectivity index (χ4v) is 3.01. The summed E-state index contributed by atoms with van der Waals surface area (Å²) in [6.07, 6.45) is 6.12. The van der Waals surface area contributed by atoms with E-state index in [0.717, 1.165) is 19.3 Å². The Bertz CT molecular complexity index is 327. The van der Waals surface area contributed by atoms with Gasteiger partial charge in [0.25, 0.3) is 0 Å². The second kappa shape index (κ2) is 7.65. The van der Waals surface area contributed by atoms with Gasteiger partial charge in [0.2, 0.25) is 5.91 Å². The Morgan fingerprint density at radius 3 is 2.30 bits per heavy atom. The molecule has 1 aliphatic rings. The average Bonchev–Trinajstić information content (AvgIpc) is 2.84. The van der Waals surface area contributed by atoms with Crippen LogP contribution < -0.4 is 5.32 Å². The van der Waals surface area contributed by atoms with Gasteiger partial charge in [0.1, 0.15) is 0 Å². The van der Waals surface area contributed by atoms with Crippen molar-refractivity contribution in [3.63, 3.8) is 0 Å². The molecule has 1 fully saturated rings. The summed E-state index contributed by atoms with van der Waals surface area (Å²) in [5.74, 6) is -0.0211. The second-order valence-corrected chi connectivity index (χ2v) is 7.06. The van der Waals surface area contributed by atoms with Gasteiger partial charge in [0.05, 0.1) is 0 Å². The van der Waals surface area contributed by atoms with Crippen LogP contribution in [0.5, 0.6) is 0 Å². The first-order valence-corrected chi connectivity index (χ1v) is 7.80. The maximum absolute atomic E-state index is 11.9. The van der Waals surface area contributed by atoms with E-state index in [9.17, 15) is 9.59 Å². The lowest BCUT2D eigenvalue weighted by Crippen LogP contribution is -2.33. The summed E-state index contributed by atoms with van der Waals surface area (Å²) in [5.41, 5.74) is 0.0769. The lowest BCUT2D eigenvalue weighted by Gasteiger charge is -2.30. The Morgan fingerprint density at radius 1 is 1.20 bits per heavy atom. The van der Waals surface area contributed by atoms with Gasteiger partial charge in [-0.05, 0) is 37.0 Å². The van der Waals surface area contributed by atoms with Gasteiger partial charge in [-0.3, -0.25) is 9.59 Å². The molecule has 2 N–H and O–H groups in total. The van der Waals surface area contributed by atoms with Crippen molar-refractivity contribution in [2.24, 2.45) is 17.3 Å². The van der Waals surface area contributed by atoms with Crippen LogP contribution in [0.3, 0.4) is 0 Å². The maximum atomic E-state index is 11.9. The van der Waals surface area contributed by atoms with Crippen molar-refractivity contribution in [2.45, 2.75) is 65.7 Å². The molecular formula is C16H29NO3. The number of carboxylic acids is 1. The molecule has 0 aliphatic heterocycles. The van der Waals surface area contributed by atoms with Crippen LogP contribution in [0.2, 0.25) is 0 Å². The number of aliphatic carboxylic acids is 1. The zero-order valence-corrected chi connectivity index (χ0v) is 13.1. The summed E-state index contributed by atoms with van der Waals surface area (Å²) in [6.45, 7) is 7.08. The molecule has 1 unspecified atom stereocenters. The van der Waals surface area contributed by atoms with E-state index in [1.54, 1.807) is 0 Å². The molecule has 0 aromatic carbocycles. The first-order chi connectivity index (χ1) is 9.30. The van der Waals surface area contributed by atoms with Crippen molar-refractivity contribution in [2.75, 3.05) is 6.54 Å². The molecule has 0 radical (unpaired) electrons. The van der Waals surface area contributed by atoms with Gasteiger partial charge in [0, 0.05) is 18.9 Å². The minimum absolute atomic E-state index is 0.0769. The number of rotatable bonds is 7. The van der Waals surface area contributed by atoms with Gasteiger partial charge in [-0.2, -0.15) is 0 Å². The summed E-state index contributed by atoms with van der Waals surface area (Å²) >= 11 is 0. The fraction of sp³-hybridized carbons (Fsp3) is 0.875. The molecule has 0 aromatic rings. The van der Waals surface area contributed by atoms with Crippen LogP contribution in [0.25, 0.3) is 0 Å². The fourth-order valence-electron chi connectivity index (χ4n) is 3.01. The molecule has 0 saturated heterocycles. The monoisotopic (exact) mass is 283 g/mol. The Hall–Kier alpha value is -1.06.